The maximum atomic E-state index is 10.9. The third-order valence-electron chi connectivity index (χ3n) is 3.41. The van der Waals surface area contributed by atoms with E-state index in [0.29, 0.717) is 19.5 Å². The molecule has 1 amide bonds. The highest BCUT2D eigenvalue weighted by Crippen LogP contribution is 2.53. The van der Waals surface area contributed by atoms with Gasteiger partial charge in [-0.2, -0.15) is 37.9 Å². The van der Waals surface area contributed by atoms with E-state index in [0.717, 1.165) is 0 Å². The Balaban J connectivity index is 2.14. The molecule has 114 valence electrons. The minimum Gasteiger partial charge on any atom is -0.473 e. The van der Waals surface area contributed by atoms with Crippen molar-refractivity contribution in [2.24, 2.45) is 0 Å². The molecule has 0 aromatic carbocycles. The second kappa shape index (κ2) is 5.62. The second-order valence-electron chi connectivity index (χ2n) is 4.83. The Morgan fingerprint density at radius 2 is 2.00 bits per heavy atom. The van der Waals surface area contributed by atoms with E-state index in [2.05, 4.69) is 68.5 Å². The smallest absolute Gasteiger partial charge is 0.407 e. The third kappa shape index (κ3) is 2.87. The largest absolute Gasteiger partial charge is 0.473 e. The summed E-state index contributed by atoms with van der Waals surface area (Å²) in [6.07, 6.45) is 2.87. The molecule has 2 heterocycles. The monoisotopic (exact) mass is 372 g/mol. The lowest BCUT2D eigenvalue weighted by molar-refractivity contribution is 0.144. The SMILES string of the molecule is O=C(O)N1CC[C@H](NC2(S)C=COC(S)(S)C2(S)S)C1. The van der Waals surface area contributed by atoms with E-state index in [1.807, 2.05) is 0 Å². The highest BCUT2D eigenvalue weighted by Gasteiger charge is 2.58. The predicted octanol–water partition coefficient (Wildman–Crippen LogP) is 1.57. The van der Waals surface area contributed by atoms with Crippen molar-refractivity contribution in [1.29, 1.82) is 0 Å². The highest BCUT2D eigenvalue weighted by molar-refractivity contribution is 8.08. The normalized spacial score (nSPS) is 34.9. The van der Waals surface area contributed by atoms with Crippen molar-refractivity contribution in [2.75, 3.05) is 13.1 Å². The van der Waals surface area contributed by atoms with Crippen LogP contribution in [0.15, 0.2) is 12.3 Å². The average molecular weight is 373 g/mol. The first-order valence-corrected chi connectivity index (χ1v) is 8.05. The summed E-state index contributed by atoms with van der Waals surface area (Å²) in [7, 11) is 0. The molecule has 0 radical (unpaired) electrons. The first-order chi connectivity index (χ1) is 9.09. The lowest BCUT2D eigenvalue weighted by atomic mass is 10.1. The van der Waals surface area contributed by atoms with Gasteiger partial charge in [0.15, 0.2) is 0 Å². The van der Waals surface area contributed by atoms with Gasteiger partial charge in [-0.25, -0.2) is 4.79 Å². The third-order valence-corrected chi connectivity index (χ3v) is 7.30. The Morgan fingerprint density at radius 1 is 1.35 bits per heavy atom. The molecule has 0 aromatic heterocycles. The summed E-state index contributed by atoms with van der Waals surface area (Å²) < 4.78 is 2.92. The standard InChI is InChI=1S/C10H16N2O3S5/c13-7(14)12-3-1-6(5-12)11-8(16)2-4-15-10(19,20)9(8,17)18/h2,4,6,11,16-20H,1,3,5H2,(H,13,14)/t6-,8?/m0/s1. The molecule has 0 aliphatic carbocycles. The molecule has 1 fully saturated rings. The minimum atomic E-state index is -1.24. The van der Waals surface area contributed by atoms with Crippen LogP contribution in [0.5, 0.6) is 0 Å². The van der Waals surface area contributed by atoms with Crippen LogP contribution in [0, 0.1) is 0 Å². The Kier molecular flexibility index (Phi) is 4.74. The summed E-state index contributed by atoms with van der Waals surface area (Å²) in [5.74, 6) is 0. The van der Waals surface area contributed by atoms with Crippen molar-refractivity contribution in [2.45, 2.75) is 25.7 Å². The molecular formula is C10H16N2O3S5. The molecule has 2 aliphatic rings. The summed E-state index contributed by atoms with van der Waals surface area (Å²) in [5.41, 5.74) is 0. The quantitative estimate of drug-likeness (QED) is 0.297. The molecule has 0 bridgehead atoms. The summed E-state index contributed by atoms with van der Waals surface area (Å²) in [5, 5.41) is 12.2. The fourth-order valence-corrected chi connectivity index (χ4v) is 3.62. The van der Waals surface area contributed by atoms with Crippen LogP contribution in [0.3, 0.4) is 0 Å². The van der Waals surface area contributed by atoms with E-state index < -0.39 is 19.3 Å². The second-order valence-corrected chi connectivity index (χ2v) is 8.84. The molecule has 20 heavy (non-hydrogen) atoms. The van der Waals surface area contributed by atoms with Crippen molar-refractivity contribution in [3.05, 3.63) is 12.3 Å². The first-order valence-electron chi connectivity index (χ1n) is 5.82. The number of ether oxygens (including phenoxy) is 1. The molecule has 10 heteroatoms. The molecule has 1 saturated heterocycles. The summed E-state index contributed by atoms with van der Waals surface area (Å²) in [6.45, 7) is 0.867. The molecule has 1 unspecified atom stereocenters. The lowest BCUT2D eigenvalue weighted by Crippen LogP contribution is -2.64. The molecule has 0 spiro atoms. The summed E-state index contributed by atoms with van der Waals surface area (Å²) in [4.78, 5) is 11.3. The zero-order valence-corrected chi connectivity index (χ0v) is 14.8. The Hall–Kier alpha value is 0.520. The van der Waals surface area contributed by atoms with E-state index in [1.165, 1.54) is 11.2 Å². The molecule has 0 aromatic rings. The van der Waals surface area contributed by atoms with E-state index in [-0.39, 0.29) is 6.04 Å². The van der Waals surface area contributed by atoms with Crippen LogP contribution in [0.2, 0.25) is 0 Å². The Labute approximate surface area is 144 Å². The molecule has 0 saturated carbocycles. The van der Waals surface area contributed by atoms with Crippen LogP contribution < -0.4 is 5.32 Å². The van der Waals surface area contributed by atoms with Crippen molar-refractivity contribution in [3.8, 4) is 0 Å². The minimum absolute atomic E-state index is 0.0532. The van der Waals surface area contributed by atoms with Crippen LogP contribution in [0.1, 0.15) is 6.42 Å². The van der Waals surface area contributed by atoms with Crippen molar-refractivity contribution in [3.63, 3.8) is 0 Å². The van der Waals surface area contributed by atoms with Crippen LogP contribution in [0.25, 0.3) is 0 Å². The molecule has 2 N–H and O–H groups in total. The zero-order chi connectivity index (χ0) is 15.2. The van der Waals surface area contributed by atoms with Gasteiger partial charge in [0.25, 0.3) is 0 Å². The van der Waals surface area contributed by atoms with Crippen LogP contribution >= 0.6 is 63.1 Å². The van der Waals surface area contributed by atoms with E-state index in [9.17, 15) is 4.79 Å². The highest BCUT2D eigenvalue weighted by atomic mass is 32.2. The van der Waals surface area contributed by atoms with Crippen molar-refractivity contribution >= 4 is 69.2 Å². The summed E-state index contributed by atoms with van der Waals surface area (Å²) in [6, 6.07) is -0.0532. The van der Waals surface area contributed by atoms with E-state index in [4.69, 9.17) is 9.84 Å². The first kappa shape index (κ1) is 16.9. The van der Waals surface area contributed by atoms with Gasteiger partial charge in [0.05, 0.1) is 6.26 Å². The van der Waals surface area contributed by atoms with Crippen molar-refractivity contribution in [1.82, 2.24) is 10.2 Å². The van der Waals surface area contributed by atoms with Gasteiger partial charge < -0.3 is 14.7 Å². The van der Waals surface area contributed by atoms with Gasteiger partial charge in [-0.05, 0) is 12.5 Å². The number of carbonyl (C=O) groups is 1. The zero-order valence-electron chi connectivity index (χ0n) is 10.3. The number of thiol groups is 5. The summed E-state index contributed by atoms with van der Waals surface area (Å²) >= 11 is 22.2. The van der Waals surface area contributed by atoms with Crippen molar-refractivity contribution < 1.29 is 14.6 Å². The van der Waals surface area contributed by atoms with Gasteiger partial charge in [-0.15, -0.1) is 25.3 Å². The number of nitrogens with one attached hydrogen (secondary N) is 1. The lowest BCUT2D eigenvalue weighted by Gasteiger charge is -2.50. The number of hydrogen-bond acceptors (Lipinski definition) is 8. The van der Waals surface area contributed by atoms with Gasteiger partial charge >= 0.3 is 6.09 Å². The maximum absolute atomic E-state index is 10.9. The fraction of sp³-hybridized carbons (Fsp3) is 0.700. The van der Waals surface area contributed by atoms with Crippen LogP contribution in [-0.4, -0.2) is 48.4 Å². The fourth-order valence-electron chi connectivity index (χ4n) is 2.19. The molecule has 2 atom stereocenters. The van der Waals surface area contributed by atoms with E-state index in [1.54, 1.807) is 6.08 Å². The number of amides is 1. The van der Waals surface area contributed by atoms with Crippen LogP contribution in [0.4, 0.5) is 4.79 Å². The number of carboxylic acid groups (broad SMARTS) is 1. The Morgan fingerprint density at radius 3 is 2.55 bits per heavy atom. The van der Waals surface area contributed by atoms with Gasteiger partial charge in [0.2, 0.25) is 4.27 Å². The van der Waals surface area contributed by atoms with Gasteiger partial charge in [0.1, 0.15) is 8.95 Å². The van der Waals surface area contributed by atoms with E-state index >= 15 is 0 Å². The topological polar surface area (TPSA) is 61.8 Å². The average Bonchev–Trinajstić information content (AvgIpc) is 2.75. The predicted molar refractivity (Wildman–Crippen MR) is 94.5 cm³/mol. The van der Waals surface area contributed by atoms with Gasteiger partial charge in [-0.3, -0.25) is 5.32 Å². The molecular weight excluding hydrogens is 356 g/mol. The number of likely N-dealkylation sites (tertiary alicyclic amines) is 1. The molecule has 5 nitrogen and oxygen atoms in total. The Bertz CT molecular complexity index is 445. The van der Waals surface area contributed by atoms with Gasteiger partial charge in [0, 0.05) is 19.1 Å². The number of nitrogens with zero attached hydrogens (tertiary/aromatic N) is 1. The number of hydrogen-bond donors (Lipinski definition) is 7. The maximum Gasteiger partial charge on any atom is 0.407 e. The molecule has 2 aliphatic heterocycles. The number of rotatable bonds is 2. The van der Waals surface area contributed by atoms with Gasteiger partial charge in [-0.1, -0.05) is 0 Å². The van der Waals surface area contributed by atoms with Crippen LogP contribution in [-0.2, 0) is 4.74 Å². The molecule has 2 rings (SSSR count).